The molecule has 1 unspecified atom stereocenters. The summed E-state index contributed by atoms with van der Waals surface area (Å²) in [5, 5.41) is 2.16. The van der Waals surface area contributed by atoms with Crippen molar-refractivity contribution < 1.29 is 27.2 Å². The van der Waals surface area contributed by atoms with Crippen molar-refractivity contribution in [3.63, 3.8) is 0 Å². The van der Waals surface area contributed by atoms with Crippen molar-refractivity contribution in [2.24, 2.45) is 5.73 Å². The molecular weight excluding hydrogens is 318 g/mol. The van der Waals surface area contributed by atoms with Gasteiger partial charge in [-0.3, -0.25) is 14.5 Å². The molecular formula is C14H15F4N3O2. The van der Waals surface area contributed by atoms with Gasteiger partial charge in [0, 0.05) is 19.5 Å². The van der Waals surface area contributed by atoms with Crippen LogP contribution in [0.1, 0.15) is 12.0 Å². The summed E-state index contributed by atoms with van der Waals surface area (Å²) in [7, 11) is 0. The third kappa shape index (κ3) is 3.98. The SMILES string of the molecule is NC(=O)C1(F)CCN(CC(=O)Nc2ccccc2C(F)(F)F)C1. The molecule has 0 aliphatic carbocycles. The molecule has 0 radical (unpaired) electrons. The standard InChI is InChI=1S/C14H15F4N3O2/c15-13(12(19)23)5-6-21(8-13)7-11(22)20-10-4-2-1-3-9(10)14(16,17)18/h1-4H,5-8H2,(H2,19,23)(H,20,22). The van der Waals surface area contributed by atoms with Crippen LogP contribution in [-0.2, 0) is 15.8 Å². The molecule has 2 rings (SSSR count). The van der Waals surface area contributed by atoms with Crippen molar-refractivity contribution in [3.05, 3.63) is 29.8 Å². The van der Waals surface area contributed by atoms with E-state index < -0.39 is 29.2 Å². The zero-order chi connectivity index (χ0) is 17.3. The van der Waals surface area contributed by atoms with Crippen LogP contribution in [0.3, 0.4) is 0 Å². The minimum atomic E-state index is -4.60. The Morgan fingerprint density at radius 3 is 2.52 bits per heavy atom. The van der Waals surface area contributed by atoms with Gasteiger partial charge in [0.15, 0.2) is 0 Å². The number of anilines is 1. The highest BCUT2D eigenvalue weighted by atomic mass is 19.4. The number of halogens is 4. The third-order valence-electron chi connectivity index (χ3n) is 3.61. The number of rotatable bonds is 4. The van der Waals surface area contributed by atoms with Gasteiger partial charge in [-0.15, -0.1) is 0 Å². The van der Waals surface area contributed by atoms with E-state index >= 15 is 0 Å². The molecule has 0 saturated carbocycles. The first-order valence-electron chi connectivity index (χ1n) is 6.79. The molecule has 9 heteroatoms. The fourth-order valence-electron chi connectivity index (χ4n) is 2.42. The number of carbonyl (C=O) groups is 2. The van der Waals surface area contributed by atoms with Gasteiger partial charge in [0.1, 0.15) is 0 Å². The summed E-state index contributed by atoms with van der Waals surface area (Å²) in [5.74, 6) is -1.83. The van der Waals surface area contributed by atoms with E-state index in [4.69, 9.17) is 5.73 Å². The molecule has 1 aromatic carbocycles. The summed E-state index contributed by atoms with van der Waals surface area (Å²) in [6.07, 6.45) is -4.74. The van der Waals surface area contributed by atoms with E-state index in [-0.39, 0.29) is 31.7 Å². The first-order valence-corrected chi connectivity index (χ1v) is 6.79. The Bertz CT molecular complexity index is 620. The van der Waals surface area contributed by atoms with E-state index in [0.29, 0.717) is 0 Å². The summed E-state index contributed by atoms with van der Waals surface area (Å²) in [6, 6.07) is 4.56. The van der Waals surface area contributed by atoms with Gasteiger partial charge in [-0.1, -0.05) is 12.1 Å². The van der Waals surface area contributed by atoms with Crippen molar-refractivity contribution in [3.8, 4) is 0 Å². The number of hydrogen-bond acceptors (Lipinski definition) is 3. The Hall–Kier alpha value is -2.16. The van der Waals surface area contributed by atoms with Gasteiger partial charge in [-0.05, 0) is 12.1 Å². The summed E-state index contributed by atoms with van der Waals surface area (Å²) in [5.41, 5.74) is 1.41. The van der Waals surface area contributed by atoms with Crippen LogP contribution >= 0.6 is 0 Å². The Balaban J connectivity index is 2.01. The number of hydrogen-bond donors (Lipinski definition) is 2. The van der Waals surface area contributed by atoms with E-state index in [1.165, 1.54) is 17.0 Å². The van der Waals surface area contributed by atoms with E-state index in [1.54, 1.807) is 0 Å². The number of primary amides is 1. The lowest BCUT2D eigenvalue weighted by Gasteiger charge is -2.18. The van der Waals surface area contributed by atoms with E-state index in [9.17, 15) is 27.2 Å². The number of nitrogens with zero attached hydrogens (tertiary/aromatic N) is 1. The quantitative estimate of drug-likeness (QED) is 0.821. The van der Waals surface area contributed by atoms with Crippen LogP contribution in [-0.4, -0.2) is 42.0 Å². The van der Waals surface area contributed by atoms with Gasteiger partial charge in [0.2, 0.25) is 11.6 Å². The second kappa shape index (κ2) is 6.15. The lowest BCUT2D eigenvalue weighted by Crippen LogP contribution is -2.43. The second-order valence-corrected chi connectivity index (χ2v) is 5.38. The summed E-state index contributed by atoms with van der Waals surface area (Å²) >= 11 is 0. The number of alkyl halides is 4. The minimum absolute atomic E-state index is 0.119. The van der Waals surface area contributed by atoms with Gasteiger partial charge in [-0.25, -0.2) is 4.39 Å². The summed E-state index contributed by atoms with van der Waals surface area (Å²) < 4.78 is 52.5. The van der Waals surface area contributed by atoms with Gasteiger partial charge >= 0.3 is 6.18 Å². The van der Waals surface area contributed by atoms with Crippen molar-refractivity contribution >= 4 is 17.5 Å². The van der Waals surface area contributed by atoms with Crippen molar-refractivity contribution in [1.29, 1.82) is 0 Å². The number of nitrogens with one attached hydrogen (secondary N) is 1. The molecule has 0 bridgehead atoms. The minimum Gasteiger partial charge on any atom is -0.367 e. The van der Waals surface area contributed by atoms with Crippen molar-refractivity contribution in [2.45, 2.75) is 18.3 Å². The molecule has 1 fully saturated rings. The topological polar surface area (TPSA) is 75.4 Å². The van der Waals surface area contributed by atoms with Crippen LogP contribution < -0.4 is 11.1 Å². The number of benzene rings is 1. The first-order chi connectivity index (χ1) is 10.6. The smallest absolute Gasteiger partial charge is 0.367 e. The van der Waals surface area contributed by atoms with Gasteiger partial charge in [0.25, 0.3) is 5.91 Å². The normalized spacial score (nSPS) is 22.1. The Kier molecular flexibility index (Phi) is 4.60. The number of nitrogens with two attached hydrogens (primary N) is 1. The number of amides is 2. The van der Waals surface area contributed by atoms with Crippen LogP contribution in [0, 0.1) is 0 Å². The molecule has 1 aliphatic rings. The van der Waals surface area contributed by atoms with E-state index in [0.717, 1.165) is 12.1 Å². The molecule has 1 saturated heterocycles. The Morgan fingerprint density at radius 1 is 1.30 bits per heavy atom. The molecule has 23 heavy (non-hydrogen) atoms. The maximum absolute atomic E-state index is 14.0. The molecule has 1 aliphatic heterocycles. The third-order valence-corrected chi connectivity index (χ3v) is 3.61. The van der Waals surface area contributed by atoms with Crippen LogP contribution in [0.25, 0.3) is 0 Å². The first kappa shape index (κ1) is 17.2. The Morgan fingerprint density at radius 2 is 1.96 bits per heavy atom. The van der Waals surface area contributed by atoms with Gasteiger partial charge in [0.05, 0.1) is 17.8 Å². The fourth-order valence-corrected chi connectivity index (χ4v) is 2.42. The average molecular weight is 333 g/mol. The van der Waals surface area contributed by atoms with Crippen LogP contribution in [0.15, 0.2) is 24.3 Å². The molecule has 3 N–H and O–H groups in total. The highest BCUT2D eigenvalue weighted by Gasteiger charge is 2.44. The average Bonchev–Trinajstić information content (AvgIpc) is 2.81. The monoisotopic (exact) mass is 333 g/mol. The maximum atomic E-state index is 14.0. The van der Waals surface area contributed by atoms with Crippen LogP contribution in [0.4, 0.5) is 23.2 Å². The lowest BCUT2D eigenvalue weighted by atomic mass is 10.1. The highest BCUT2D eigenvalue weighted by Crippen LogP contribution is 2.34. The summed E-state index contributed by atoms with van der Waals surface area (Å²) in [6.45, 7) is -0.560. The predicted molar refractivity (Wildman–Crippen MR) is 74.2 cm³/mol. The predicted octanol–water partition coefficient (Wildman–Crippen LogP) is 1.54. The number of carbonyl (C=O) groups excluding carboxylic acids is 2. The van der Waals surface area contributed by atoms with E-state index in [1.807, 2.05) is 0 Å². The molecule has 1 aromatic rings. The molecule has 2 amide bonds. The number of likely N-dealkylation sites (tertiary alicyclic amines) is 1. The van der Waals surface area contributed by atoms with Crippen LogP contribution in [0.5, 0.6) is 0 Å². The molecule has 0 aromatic heterocycles. The van der Waals surface area contributed by atoms with Gasteiger partial charge < -0.3 is 11.1 Å². The molecule has 5 nitrogen and oxygen atoms in total. The van der Waals surface area contributed by atoms with E-state index in [2.05, 4.69) is 5.32 Å². The fraction of sp³-hybridized carbons (Fsp3) is 0.429. The Labute approximate surface area is 129 Å². The lowest BCUT2D eigenvalue weighted by molar-refractivity contribution is -0.137. The zero-order valence-corrected chi connectivity index (χ0v) is 12.0. The van der Waals surface area contributed by atoms with Crippen molar-refractivity contribution in [1.82, 2.24) is 4.90 Å². The largest absolute Gasteiger partial charge is 0.418 e. The maximum Gasteiger partial charge on any atom is 0.418 e. The second-order valence-electron chi connectivity index (χ2n) is 5.38. The highest BCUT2D eigenvalue weighted by molar-refractivity contribution is 5.93. The van der Waals surface area contributed by atoms with Crippen LogP contribution in [0.2, 0.25) is 0 Å². The van der Waals surface area contributed by atoms with Crippen molar-refractivity contribution in [2.75, 3.05) is 25.0 Å². The molecule has 126 valence electrons. The molecule has 0 spiro atoms. The molecule has 1 heterocycles. The van der Waals surface area contributed by atoms with Gasteiger partial charge in [-0.2, -0.15) is 13.2 Å². The summed E-state index contributed by atoms with van der Waals surface area (Å²) in [4.78, 5) is 24.2. The number of para-hydroxylation sites is 1. The molecule has 1 atom stereocenters. The zero-order valence-electron chi connectivity index (χ0n) is 12.0.